The highest BCUT2D eigenvalue weighted by Crippen LogP contribution is 2.37. The van der Waals surface area contributed by atoms with Crippen molar-refractivity contribution in [1.82, 2.24) is 4.98 Å². The highest BCUT2D eigenvalue weighted by molar-refractivity contribution is 9.10. The van der Waals surface area contributed by atoms with Gasteiger partial charge in [-0.15, -0.1) is 11.3 Å². The van der Waals surface area contributed by atoms with Crippen LogP contribution in [-0.2, 0) is 13.0 Å². The van der Waals surface area contributed by atoms with E-state index in [0.717, 1.165) is 39.7 Å². The van der Waals surface area contributed by atoms with Gasteiger partial charge in [0.1, 0.15) is 15.4 Å². The van der Waals surface area contributed by atoms with Crippen molar-refractivity contribution in [1.29, 1.82) is 0 Å². The van der Waals surface area contributed by atoms with Crippen LogP contribution >= 0.6 is 27.3 Å². The predicted octanol–water partition coefficient (Wildman–Crippen LogP) is 3.36. The average molecular weight is 325 g/mol. The molecule has 5 heteroatoms. The maximum atomic E-state index is 5.63. The van der Waals surface area contributed by atoms with E-state index in [4.69, 9.17) is 10.5 Å². The zero-order valence-corrected chi connectivity index (χ0v) is 12.2. The summed E-state index contributed by atoms with van der Waals surface area (Å²) in [7, 11) is 0. The number of fused-ring (bicyclic) bond motifs is 1. The summed E-state index contributed by atoms with van der Waals surface area (Å²) in [5.74, 6) is 1.02. The number of benzene rings is 1. The van der Waals surface area contributed by atoms with E-state index in [-0.39, 0.29) is 0 Å². The Morgan fingerprint density at radius 1 is 1.44 bits per heavy atom. The lowest BCUT2D eigenvalue weighted by Crippen LogP contribution is -2.07. The lowest BCUT2D eigenvalue weighted by Gasteiger charge is -2.17. The molecule has 1 aromatic heterocycles. The van der Waals surface area contributed by atoms with Crippen LogP contribution in [0.1, 0.15) is 17.0 Å². The van der Waals surface area contributed by atoms with E-state index >= 15 is 0 Å². The van der Waals surface area contributed by atoms with E-state index in [1.165, 1.54) is 11.1 Å². The van der Waals surface area contributed by atoms with Gasteiger partial charge in [-0.1, -0.05) is 0 Å². The fourth-order valence-electron chi connectivity index (χ4n) is 2.11. The largest absolute Gasteiger partial charge is 0.493 e. The van der Waals surface area contributed by atoms with Gasteiger partial charge in [0, 0.05) is 6.54 Å². The van der Waals surface area contributed by atoms with Gasteiger partial charge in [0.15, 0.2) is 0 Å². The minimum absolute atomic E-state index is 0.483. The molecule has 0 spiro atoms. The molecule has 0 radical (unpaired) electrons. The van der Waals surface area contributed by atoms with Crippen molar-refractivity contribution in [3.8, 4) is 16.2 Å². The molecular formula is C13H13BrN2OS. The molecule has 2 aromatic rings. The number of nitrogens with zero attached hydrogens (tertiary/aromatic N) is 1. The zero-order valence-electron chi connectivity index (χ0n) is 9.78. The highest BCUT2D eigenvalue weighted by Gasteiger charge is 2.14. The summed E-state index contributed by atoms with van der Waals surface area (Å²) in [6.45, 7) is 1.31. The summed E-state index contributed by atoms with van der Waals surface area (Å²) in [5, 5.41) is 0.950. The smallest absolute Gasteiger partial charge is 0.125 e. The monoisotopic (exact) mass is 324 g/mol. The lowest BCUT2D eigenvalue weighted by molar-refractivity contribution is 0.288. The summed E-state index contributed by atoms with van der Waals surface area (Å²) in [6.07, 6.45) is 2.18. The first-order valence-electron chi connectivity index (χ1n) is 5.89. The molecule has 0 bridgehead atoms. The fraction of sp³-hybridized carbons (Fsp3) is 0.308. The number of aryl methyl sites for hydroxylation is 1. The number of hydrogen-bond donors (Lipinski definition) is 1. The van der Waals surface area contributed by atoms with Crippen molar-refractivity contribution in [3.05, 3.63) is 33.4 Å². The van der Waals surface area contributed by atoms with Gasteiger partial charge in [0.2, 0.25) is 0 Å². The van der Waals surface area contributed by atoms with Crippen molar-refractivity contribution >= 4 is 27.3 Å². The van der Waals surface area contributed by atoms with Gasteiger partial charge in [-0.25, -0.2) is 4.98 Å². The molecule has 0 saturated carbocycles. The van der Waals surface area contributed by atoms with Crippen LogP contribution in [0, 0.1) is 0 Å². The van der Waals surface area contributed by atoms with Gasteiger partial charge < -0.3 is 10.5 Å². The quantitative estimate of drug-likeness (QED) is 0.921. The summed E-state index contributed by atoms with van der Waals surface area (Å²) in [5.41, 5.74) is 8.10. The van der Waals surface area contributed by atoms with Gasteiger partial charge >= 0.3 is 0 Å². The molecule has 3 nitrogen and oxygen atoms in total. The second-order valence-electron chi connectivity index (χ2n) is 4.21. The van der Waals surface area contributed by atoms with Gasteiger partial charge in [-0.05, 0) is 58.1 Å². The van der Waals surface area contributed by atoms with Gasteiger partial charge in [0.25, 0.3) is 0 Å². The molecule has 18 heavy (non-hydrogen) atoms. The number of rotatable bonds is 2. The van der Waals surface area contributed by atoms with Gasteiger partial charge in [-0.2, -0.15) is 0 Å². The number of ether oxygens (including phenoxy) is 1. The van der Waals surface area contributed by atoms with Crippen LogP contribution in [0.5, 0.6) is 5.75 Å². The molecule has 2 heterocycles. The summed E-state index contributed by atoms with van der Waals surface area (Å²) >= 11 is 5.14. The molecule has 1 aliphatic rings. The molecule has 2 N–H and O–H groups in total. The first-order chi connectivity index (χ1) is 8.78. The second-order valence-corrected chi connectivity index (χ2v) is 6.04. The third kappa shape index (κ3) is 2.18. The molecule has 0 atom stereocenters. The second kappa shape index (κ2) is 4.99. The zero-order chi connectivity index (χ0) is 12.5. The number of thiazole rings is 1. The van der Waals surface area contributed by atoms with Crippen LogP contribution in [0.4, 0.5) is 0 Å². The number of nitrogens with two attached hydrogens (primary N) is 1. The van der Waals surface area contributed by atoms with Crippen molar-refractivity contribution in [2.45, 2.75) is 19.4 Å². The van der Waals surface area contributed by atoms with Crippen molar-refractivity contribution in [2.75, 3.05) is 6.61 Å². The third-order valence-electron chi connectivity index (χ3n) is 2.98. The first kappa shape index (κ1) is 12.1. The van der Waals surface area contributed by atoms with Crippen molar-refractivity contribution in [2.24, 2.45) is 5.73 Å². The highest BCUT2D eigenvalue weighted by atomic mass is 79.9. The minimum atomic E-state index is 0.483. The van der Waals surface area contributed by atoms with E-state index in [0.29, 0.717) is 6.54 Å². The molecule has 0 fully saturated rings. The Labute approximate surface area is 118 Å². The van der Waals surface area contributed by atoms with E-state index in [2.05, 4.69) is 39.1 Å². The van der Waals surface area contributed by atoms with Crippen molar-refractivity contribution in [3.63, 3.8) is 0 Å². The molecule has 0 unspecified atom stereocenters. The maximum absolute atomic E-state index is 5.63. The Bertz CT molecular complexity index is 582. The number of hydrogen-bond acceptors (Lipinski definition) is 4. The molecule has 1 aliphatic heterocycles. The first-order valence-corrected chi connectivity index (χ1v) is 7.50. The van der Waals surface area contributed by atoms with Crippen LogP contribution < -0.4 is 10.5 Å². The summed E-state index contributed by atoms with van der Waals surface area (Å²) < 4.78 is 6.51. The molecule has 1 aromatic carbocycles. The maximum Gasteiger partial charge on any atom is 0.125 e. The molecule has 94 valence electrons. The Morgan fingerprint density at radius 2 is 2.33 bits per heavy atom. The van der Waals surface area contributed by atoms with E-state index in [9.17, 15) is 0 Å². The standard InChI is InChI=1S/C13H13BrN2OS/c14-13-12(18-11(7-15)16-13)9-3-4-10-8(6-9)2-1-5-17-10/h3-4,6H,1-2,5,7,15H2. The fourth-order valence-corrected chi connectivity index (χ4v) is 3.74. The molecule has 0 saturated heterocycles. The third-order valence-corrected chi connectivity index (χ3v) is 4.94. The average Bonchev–Trinajstić information content (AvgIpc) is 2.79. The Hall–Kier alpha value is -0.910. The minimum Gasteiger partial charge on any atom is -0.493 e. The number of aromatic nitrogens is 1. The van der Waals surface area contributed by atoms with Crippen LogP contribution in [0.15, 0.2) is 22.8 Å². The van der Waals surface area contributed by atoms with Crippen LogP contribution in [-0.4, -0.2) is 11.6 Å². The summed E-state index contributed by atoms with van der Waals surface area (Å²) in [6, 6.07) is 6.34. The van der Waals surface area contributed by atoms with Crippen LogP contribution in [0.2, 0.25) is 0 Å². The Kier molecular flexibility index (Phi) is 3.37. The van der Waals surface area contributed by atoms with Gasteiger partial charge in [0.05, 0.1) is 11.5 Å². The Balaban J connectivity index is 2.03. The van der Waals surface area contributed by atoms with Crippen molar-refractivity contribution < 1.29 is 4.74 Å². The SMILES string of the molecule is NCc1nc(Br)c(-c2ccc3c(c2)CCCO3)s1. The van der Waals surface area contributed by atoms with E-state index < -0.39 is 0 Å². The lowest BCUT2D eigenvalue weighted by atomic mass is 10.0. The summed E-state index contributed by atoms with van der Waals surface area (Å²) in [4.78, 5) is 5.54. The van der Waals surface area contributed by atoms with Crippen LogP contribution in [0.25, 0.3) is 10.4 Å². The Morgan fingerprint density at radius 3 is 3.11 bits per heavy atom. The van der Waals surface area contributed by atoms with E-state index in [1.54, 1.807) is 11.3 Å². The van der Waals surface area contributed by atoms with Crippen LogP contribution in [0.3, 0.4) is 0 Å². The topological polar surface area (TPSA) is 48.1 Å². The molecule has 3 rings (SSSR count). The predicted molar refractivity (Wildman–Crippen MR) is 77.0 cm³/mol. The molecule has 0 amide bonds. The normalized spacial score (nSPS) is 14.1. The molecule has 0 aliphatic carbocycles. The van der Waals surface area contributed by atoms with Gasteiger partial charge in [-0.3, -0.25) is 0 Å². The number of halogens is 1. The van der Waals surface area contributed by atoms with E-state index in [1.807, 2.05) is 0 Å². The molecular weight excluding hydrogens is 312 g/mol.